The van der Waals surface area contributed by atoms with Crippen LogP contribution in [-0.2, 0) is 16.0 Å². The fourth-order valence-corrected chi connectivity index (χ4v) is 4.46. The van der Waals surface area contributed by atoms with Gasteiger partial charge in [0, 0.05) is 29.8 Å². The van der Waals surface area contributed by atoms with Crippen molar-refractivity contribution in [2.75, 3.05) is 31.6 Å². The second-order valence-corrected chi connectivity index (χ2v) is 7.49. The van der Waals surface area contributed by atoms with Crippen molar-refractivity contribution in [3.63, 3.8) is 0 Å². The minimum Gasteiger partial charge on any atom is -0.453 e. The normalized spacial score (nSPS) is 20.5. The van der Waals surface area contributed by atoms with E-state index < -0.39 is 0 Å². The van der Waals surface area contributed by atoms with E-state index in [0.717, 1.165) is 48.0 Å². The third-order valence-electron chi connectivity index (χ3n) is 4.91. The van der Waals surface area contributed by atoms with Gasteiger partial charge in [-0.25, -0.2) is 4.79 Å². The summed E-state index contributed by atoms with van der Waals surface area (Å²) in [5, 5.41) is 0. The first kappa shape index (κ1) is 17.3. The summed E-state index contributed by atoms with van der Waals surface area (Å²) < 4.78 is 5.87. The molecule has 0 radical (unpaired) electrons. The van der Waals surface area contributed by atoms with E-state index >= 15 is 0 Å². The maximum atomic E-state index is 13.1. The molecule has 2 heterocycles. The van der Waals surface area contributed by atoms with Crippen LogP contribution in [0.4, 0.5) is 10.5 Å². The number of nitrogens with zero attached hydrogens (tertiary/aromatic N) is 2. The van der Waals surface area contributed by atoms with Crippen LogP contribution in [0.15, 0.2) is 16.6 Å². The number of carbonyl (C=O) groups is 2. The summed E-state index contributed by atoms with van der Waals surface area (Å²) in [5.74, 6) is -0.0122. The molecule has 1 saturated heterocycles. The lowest BCUT2D eigenvalue weighted by Gasteiger charge is -2.37. The molecule has 1 atom stereocenters. The number of halogens is 1. The lowest BCUT2D eigenvalue weighted by Crippen LogP contribution is -2.48. The van der Waals surface area contributed by atoms with Gasteiger partial charge in [0.15, 0.2) is 0 Å². The molecule has 24 heavy (non-hydrogen) atoms. The van der Waals surface area contributed by atoms with Gasteiger partial charge in [0.05, 0.1) is 13.0 Å². The minimum absolute atomic E-state index is 0.134. The van der Waals surface area contributed by atoms with Crippen molar-refractivity contribution >= 4 is 33.6 Å². The Hall–Kier alpha value is -1.56. The third kappa shape index (κ3) is 3.29. The third-order valence-corrected chi connectivity index (χ3v) is 5.37. The zero-order valence-electron chi connectivity index (χ0n) is 14.2. The zero-order valence-corrected chi connectivity index (χ0v) is 15.8. The molecule has 0 saturated carbocycles. The van der Waals surface area contributed by atoms with Crippen molar-refractivity contribution in [1.82, 2.24) is 4.90 Å². The molecule has 1 aromatic rings. The number of benzene rings is 1. The lowest BCUT2D eigenvalue weighted by atomic mass is 9.93. The molecular formula is C18H23BrN2O3. The molecule has 1 fully saturated rings. The van der Waals surface area contributed by atoms with Crippen molar-refractivity contribution in [2.45, 2.75) is 32.6 Å². The van der Waals surface area contributed by atoms with Gasteiger partial charge in [-0.1, -0.05) is 15.9 Å². The standard InChI is InChI=1S/C18H23BrN2O3/c1-12-9-15(19)10-13-5-4-8-21(16(12)13)17(22)14-6-3-7-20(11-14)18(23)24-2/h9-10,14H,3-8,11H2,1-2H3. The highest BCUT2D eigenvalue weighted by molar-refractivity contribution is 9.10. The van der Waals surface area contributed by atoms with Crippen LogP contribution in [0.2, 0.25) is 0 Å². The Morgan fingerprint density at radius 3 is 2.79 bits per heavy atom. The van der Waals surface area contributed by atoms with Crippen LogP contribution >= 0.6 is 15.9 Å². The summed E-state index contributed by atoms with van der Waals surface area (Å²) in [7, 11) is 1.38. The first-order valence-corrected chi connectivity index (χ1v) is 9.24. The second-order valence-electron chi connectivity index (χ2n) is 6.58. The van der Waals surface area contributed by atoms with Gasteiger partial charge in [-0.05, 0) is 55.9 Å². The number of piperidine rings is 1. The van der Waals surface area contributed by atoms with Crippen LogP contribution in [0.5, 0.6) is 0 Å². The molecule has 0 spiro atoms. The molecule has 0 aliphatic carbocycles. The van der Waals surface area contributed by atoms with Crippen molar-refractivity contribution in [3.05, 3.63) is 27.7 Å². The van der Waals surface area contributed by atoms with Crippen molar-refractivity contribution in [3.8, 4) is 0 Å². The van der Waals surface area contributed by atoms with Gasteiger partial charge in [0.25, 0.3) is 0 Å². The van der Waals surface area contributed by atoms with E-state index in [1.807, 2.05) is 4.90 Å². The molecule has 2 aliphatic heterocycles. The number of amides is 2. The Balaban J connectivity index is 1.83. The van der Waals surface area contributed by atoms with Crippen molar-refractivity contribution < 1.29 is 14.3 Å². The Bertz CT molecular complexity index is 662. The SMILES string of the molecule is COC(=O)N1CCCC(C(=O)N2CCCc3cc(Br)cc(C)c32)C1. The summed E-state index contributed by atoms with van der Waals surface area (Å²) >= 11 is 3.55. The number of aryl methyl sites for hydroxylation is 2. The predicted molar refractivity (Wildman–Crippen MR) is 96.3 cm³/mol. The monoisotopic (exact) mass is 394 g/mol. The molecule has 5 nitrogen and oxygen atoms in total. The average molecular weight is 395 g/mol. The molecule has 6 heteroatoms. The van der Waals surface area contributed by atoms with Crippen LogP contribution in [0.3, 0.4) is 0 Å². The molecule has 0 aromatic heterocycles. The van der Waals surface area contributed by atoms with Gasteiger partial charge >= 0.3 is 6.09 Å². The van der Waals surface area contributed by atoms with Crippen LogP contribution in [0.25, 0.3) is 0 Å². The molecule has 130 valence electrons. The molecule has 1 unspecified atom stereocenters. The number of likely N-dealkylation sites (tertiary alicyclic amines) is 1. The summed E-state index contributed by atoms with van der Waals surface area (Å²) in [6.45, 7) is 3.92. The summed E-state index contributed by atoms with van der Waals surface area (Å²) in [4.78, 5) is 28.5. The van der Waals surface area contributed by atoms with Crippen LogP contribution < -0.4 is 4.90 Å². The first-order valence-electron chi connectivity index (χ1n) is 8.44. The van der Waals surface area contributed by atoms with Gasteiger partial charge in [-0.15, -0.1) is 0 Å². The van der Waals surface area contributed by atoms with Crippen molar-refractivity contribution in [2.24, 2.45) is 5.92 Å². The van der Waals surface area contributed by atoms with E-state index in [2.05, 4.69) is 35.0 Å². The molecule has 3 rings (SSSR count). The molecule has 1 aromatic carbocycles. The van der Waals surface area contributed by atoms with E-state index in [9.17, 15) is 9.59 Å². The number of methoxy groups -OCH3 is 1. The van der Waals surface area contributed by atoms with Gasteiger partial charge in [-0.2, -0.15) is 0 Å². The number of anilines is 1. The Morgan fingerprint density at radius 2 is 2.04 bits per heavy atom. The van der Waals surface area contributed by atoms with Gasteiger partial charge in [0.1, 0.15) is 0 Å². The molecule has 2 amide bonds. The smallest absolute Gasteiger partial charge is 0.409 e. The first-order chi connectivity index (χ1) is 11.5. The van der Waals surface area contributed by atoms with E-state index in [4.69, 9.17) is 4.74 Å². The Labute approximate surface area is 151 Å². The highest BCUT2D eigenvalue weighted by atomic mass is 79.9. The van der Waals surface area contributed by atoms with E-state index in [-0.39, 0.29) is 17.9 Å². The molecular weight excluding hydrogens is 372 g/mol. The summed E-state index contributed by atoms with van der Waals surface area (Å²) in [6, 6.07) is 4.18. The number of rotatable bonds is 1. The largest absolute Gasteiger partial charge is 0.453 e. The predicted octanol–water partition coefficient (Wildman–Crippen LogP) is 3.52. The fraction of sp³-hybridized carbons (Fsp3) is 0.556. The van der Waals surface area contributed by atoms with Crippen LogP contribution in [0.1, 0.15) is 30.4 Å². The quantitative estimate of drug-likeness (QED) is 0.731. The minimum atomic E-state index is -0.341. The second kappa shape index (κ2) is 7.13. The molecule has 2 aliphatic rings. The highest BCUT2D eigenvalue weighted by Gasteiger charge is 2.34. The van der Waals surface area contributed by atoms with Crippen LogP contribution in [0, 0.1) is 12.8 Å². The summed E-state index contributed by atoms with van der Waals surface area (Å²) in [5.41, 5.74) is 3.40. The highest BCUT2D eigenvalue weighted by Crippen LogP contribution is 2.35. The van der Waals surface area contributed by atoms with E-state index in [1.54, 1.807) is 4.90 Å². The lowest BCUT2D eigenvalue weighted by molar-refractivity contribution is -0.123. The summed E-state index contributed by atoms with van der Waals surface area (Å²) in [6.07, 6.45) is 3.30. The Kier molecular flexibility index (Phi) is 5.13. The van der Waals surface area contributed by atoms with Gasteiger partial charge in [-0.3, -0.25) is 4.79 Å². The molecule has 0 bridgehead atoms. The molecule has 0 N–H and O–H groups in total. The maximum Gasteiger partial charge on any atom is 0.409 e. The Morgan fingerprint density at radius 1 is 1.25 bits per heavy atom. The van der Waals surface area contributed by atoms with E-state index in [1.165, 1.54) is 12.7 Å². The average Bonchev–Trinajstić information content (AvgIpc) is 2.59. The van der Waals surface area contributed by atoms with Gasteiger partial charge < -0.3 is 14.5 Å². The van der Waals surface area contributed by atoms with Crippen molar-refractivity contribution in [1.29, 1.82) is 0 Å². The topological polar surface area (TPSA) is 49.9 Å². The number of fused-ring (bicyclic) bond motifs is 1. The zero-order chi connectivity index (χ0) is 17.3. The number of hydrogen-bond acceptors (Lipinski definition) is 3. The van der Waals surface area contributed by atoms with Crippen LogP contribution in [-0.4, -0.2) is 43.6 Å². The maximum absolute atomic E-state index is 13.1. The van der Waals surface area contributed by atoms with E-state index in [0.29, 0.717) is 13.1 Å². The van der Waals surface area contributed by atoms with Gasteiger partial charge in [0.2, 0.25) is 5.91 Å². The number of ether oxygens (including phenoxy) is 1. The number of hydrogen-bond donors (Lipinski definition) is 0. The fourth-order valence-electron chi connectivity index (χ4n) is 3.84. The number of carbonyl (C=O) groups excluding carboxylic acids is 2.